The third-order valence-electron chi connectivity index (χ3n) is 3.74. The molecule has 0 unspecified atom stereocenters. The van der Waals surface area contributed by atoms with Crippen molar-refractivity contribution >= 4 is 28.5 Å². The van der Waals surface area contributed by atoms with Crippen molar-refractivity contribution in [2.45, 2.75) is 6.54 Å². The average molecular weight is 328 g/mol. The summed E-state index contributed by atoms with van der Waals surface area (Å²) in [6, 6.07) is 8.39. The fourth-order valence-corrected chi connectivity index (χ4v) is 2.43. The summed E-state index contributed by atoms with van der Waals surface area (Å²) in [7, 11) is 3.32. The third kappa shape index (κ3) is 2.81. The van der Waals surface area contributed by atoms with Crippen molar-refractivity contribution in [3.05, 3.63) is 52.8 Å². The number of benzene rings is 1. The van der Waals surface area contributed by atoms with Crippen LogP contribution >= 0.6 is 0 Å². The summed E-state index contributed by atoms with van der Waals surface area (Å²) in [4.78, 5) is 35.6. The normalized spacial score (nSPS) is 10.8. The van der Waals surface area contributed by atoms with Crippen molar-refractivity contribution < 1.29 is 14.0 Å². The van der Waals surface area contributed by atoms with Gasteiger partial charge in [0.2, 0.25) is 0 Å². The van der Waals surface area contributed by atoms with E-state index in [1.807, 2.05) is 0 Å². The van der Waals surface area contributed by atoms with Crippen molar-refractivity contribution in [2.75, 3.05) is 5.32 Å². The van der Waals surface area contributed by atoms with Crippen LogP contribution in [0.5, 0.6) is 0 Å². The van der Waals surface area contributed by atoms with Crippen LogP contribution in [0.3, 0.4) is 0 Å². The number of furan rings is 1. The lowest BCUT2D eigenvalue weighted by Gasteiger charge is -2.06. The summed E-state index contributed by atoms with van der Waals surface area (Å²) in [6.07, 6.45) is 1.49. The number of carbonyl (C=O) groups excluding carboxylic acids is 2. The van der Waals surface area contributed by atoms with Gasteiger partial charge in [-0.3, -0.25) is 18.7 Å². The zero-order chi connectivity index (χ0) is 17.3. The van der Waals surface area contributed by atoms with Gasteiger partial charge in [0.05, 0.1) is 23.8 Å². The molecule has 0 atom stereocenters. The number of imidazole rings is 1. The van der Waals surface area contributed by atoms with Crippen LogP contribution in [0.25, 0.3) is 11.0 Å². The largest absolute Gasteiger partial charge is 0.467 e. The van der Waals surface area contributed by atoms with E-state index in [4.69, 9.17) is 4.42 Å². The number of carbonyl (C=O) groups is 2. The smallest absolute Gasteiger partial charge is 0.328 e. The Balaban J connectivity index is 1.72. The Morgan fingerprint density at radius 1 is 1.08 bits per heavy atom. The Morgan fingerprint density at radius 2 is 1.83 bits per heavy atom. The number of anilines is 1. The summed E-state index contributed by atoms with van der Waals surface area (Å²) in [5.41, 5.74) is 1.67. The molecule has 2 N–H and O–H groups in total. The van der Waals surface area contributed by atoms with Crippen LogP contribution in [0.15, 0.2) is 45.8 Å². The van der Waals surface area contributed by atoms with Gasteiger partial charge in [-0.2, -0.15) is 0 Å². The minimum Gasteiger partial charge on any atom is -0.467 e. The zero-order valence-corrected chi connectivity index (χ0v) is 13.2. The Bertz CT molecular complexity index is 966. The molecule has 1 aromatic carbocycles. The highest BCUT2D eigenvalue weighted by Crippen LogP contribution is 2.17. The Labute approximate surface area is 136 Å². The summed E-state index contributed by atoms with van der Waals surface area (Å²) >= 11 is 0. The first kappa shape index (κ1) is 15.6. The molecule has 0 bridgehead atoms. The van der Waals surface area contributed by atoms with Gasteiger partial charge >= 0.3 is 17.5 Å². The molecule has 2 heterocycles. The van der Waals surface area contributed by atoms with Gasteiger partial charge in [0, 0.05) is 19.8 Å². The van der Waals surface area contributed by atoms with Gasteiger partial charge in [0.1, 0.15) is 5.76 Å². The van der Waals surface area contributed by atoms with E-state index >= 15 is 0 Å². The Kier molecular flexibility index (Phi) is 3.95. The van der Waals surface area contributed by atoms with E-state index in [1.165, 1.54) is 15.4 Å². The van der Waals surface area contributed by atoms with Crippen molar-refractivity contribution in [2.24, 2.45) is 14.1 Å². The number of nitrogens with one attached hydrogen (secondary N) is 2. The maximum atomic E-state index is 11.9. The molecule has 0 saturated carbocycles. The molecular formula is C16H16N4O4. The molecule has 0 fully saturated rings. The molecule has 0 radical (unpaired) electrons. The predicted molar refractivity (Wildman–Crippen MR) is 87.3 cm³/mol. The molecule has 2 aromatic heterocycles. The molecule has 8 heteroatoms. The van der Waals surface area contributed by atoms with E-state index in [2.05, 4.69) is 10.6 Å². The number of aryl methyl sites for hydroxylation is 2. The SMILES string of the molecule is Cn1c(=O)n(C)c2cc(NC(=O)C(=O)NCc3ccco3)ccc21. The lowest BCUT2D eigenvalue weighted by molar-refractivity contribution is -0.136. The predicted octanol–water partition coefficient (Wildman–Crippen LogP) is 0.725. The molecule has 0 saturated heterocycles. The minimum atomic E-state index is -0.790. The lowest BCUT2D eigenvalue weighted by atomic mass is 10.2. The average Bonchev–Trinajstić information content (AvgIpc) is 3.17. The number of amides is 2. The van der Waals surface area contributed by atoms with Gasteiger partial charge in [0.25, 0.3) is 0 Å². The Hall–Kier alpha value is -3.29. The van der Waals surface area contributed by atoms with Gasteiger partial charge in [-0.1, -0.05) is 0 Å². The molecule has 2 amide bonds. The number of nitrogens with zero attached hydrogens (tertiary/aromatic N) is 2. The van der Waals surface area contributed by atoms with E-state index in [0.29, 0.717) is 17.0 Å². The van der Waals surface area contributed by atoms with Crippen LogP contribution in [-0.4, -0.2) is 20.9 Å². The van der Waals surface area contributed by atoms with Crippen LogP contribution in [0.4, 0.5) is 5.69 Å². The van der Waals surface area contributed by atoms with Gasteiger partial charge in [-0.15, -0.1) is 0 Å². The first-order chi connectivity index (χ1) is 11.5. The molecular weight excluding hydrogens is 312 g/mol. The second kappa shape index (κ2) is 6.07. The molecule has 0 spiro atoms. The van der Waals surface area contributed by atoms with Crippen LogP contribution in [0, 0.1) is 0 Å². The number of fused-ring (bicyclic) bond motifs is 1. The molecule has 24 heavy (non-hydrogen) atoms. The van der Waals surface area contributed by atoms with Crippen LogP contribution < -0.4 is 16.3 Å². The van der Waals surface area contributed by atoms with Gasteiger partial charge in [0.15, 0.2) is 0 Å². The van der Waals surface area contributed by atoms with E-state index in [1.54, 1.807) is 44.4 Å². The first-order valence-electron chi connectivity index (χ1n) is 7.24. The molecule has 124 valence electrons. The number of rotatable bonds is 3. The van der Waals surface area contributed by atoms with Crippen molar-refractivity contribution in [1.29, 1.82) is 0 Å². The highest BCUT2D eigenvalue weighted by molar-refractivity contribution is 6.39. The molecule has 8 nitrogen and oxygen atoms in total. The van der Waals surface area contributed by atoms with Crippen LogP contribution in [-0.2, 0) is 30.2 Å². The maximum absolute atomic E-state index is 11.9. The molecule has 3 aromatic rings. The monoisotopic (exact) mass is 328 g/mol. The highest BCUT2D eigenvalue weighted by Gasteiger charge is 2.15. The van der Waals surface area contributed by atoms with E-state index < -0.39 is 11.8 Å². The summed E-state index contributed by atoms with van der Waals surface area (Å²) in [5, 5.41) is 4.98. The van der Waals surface area contributed by atoms with Crippen molar-refractivity contribution in [3.63, 3.8) is 0 Å². The fraction of sp³-hybridized carbons (Fsp3) is 0.188. The molecule has 0 aliphatic rings. The van der Waals surface area contributed by atoms with Gasteiger partial charge in [-0.25, -0.2) is 4.79 Å². The third-order valence-corrected chi connectivity index (χ3v) is 3.74. The van der Waals surface area contributed by atoms with E-state index in [0.717, 1.165) is 5.52 Å². The molecule has 3 rings (SSSR count). The minimum absolute atomic E-state index is 0.130. The number of hydrogen-bond acceptors (Lipinski definition) is 4. The van der Waals surface area contributed by atoms with E-state index in [-0.39, 0.29) is 12.2 Å². The molecule has 0 aliphatic heterocycles. The fourth-order valence-electron chi connectivity index (χ4n) is 2.43. The standard InChI is InChI=1S/C16H16N4O4/c1-19-12-6-5-10(8-13(12)20(2)16(19)23)18-15(22)14(21)17-9-11-4-3-7-24-11/h3-8H,9H2,1-2H3,(H,17,21)(H,18,22). The molecule has 0 aliphatic carbocycles. The summed E-state index contributed by atoms with van der Waals surface area (Å²) in [6.45, 7) is 0.130. The van der Waals surface area contributed by atoms with Gasteiger partial charge in [-0.05, 0) is 30.3 Å². The lowest BCUT2D eigenvalue weighted by Crippen LogP contribution is -2.34. The summed E-state index contributed by atoms with van der Waals surface area (Å²) < 4.78 is 8.06. The topological polar surface area (TPSA) is 98.3 Å². The van der Waals surface area contributed by atoms with E-state index in [9.17, 15) is 14.4 Å². The quantitative estimate of drug-likeness (QED) is 0.692. The van der Waals surface area contributed by atoms with Crippen LogP contribution in [0.1, 0.15) is 5.76 Å². The second-order valence-electron chi connectivity index (χ2n) is 5.32. The number of hydrogen-bond donors (Lipinski definition) is 2. The highest BCUT2D eigenvalue weighted by atomic mass is 16.3. The Morgan fingerprint density at radius 3 is 2.54 bits per heavy atom. The number of aromatic nitrogens is 2. The zero-order valence-electron chi connectivity index (χ0n) is 13.2. The second-order valence-corrected chi connectivity index (χ2v) is 5.32. The first-order valence-corrected chi connectivity index (χ1v) is 7.24. The summed E-state index contributed by atoms with van der Waals surface area (Å²) in [5.74, 6) is -1.01. The van der Waals surface area contributed by atoms with Crippen molar-refractivity contribution in [1.82, 2.24) is 14.5 Å². The van der Waals surface area contributed by atoms with Gasteiger partial charge < -0.3 is 15.1 Å². The van der Waals surface area contributed by atoms with Crippen LogP contribution in [0.2, 0.25) is 0 Å². The van der Waals surface area contributed by atoms with Crippen molar-refractivity contribution in [3.8, 4) is 0 Å². The maximum Gasteiger partial charge on any atom is 0.328 e.